The number of urea groups is 1. The molecule has 1 unspecified atom stereocenters. The van der Waals surface area contributed by atoms with Gasteiger partial charge in [0.1, 0.15) is 18.6 Å². The Kier molecular flexibility index (Phi) is 2.20. The lowest BCUT2D eigenvalue weighted by molar-refractivity contribution is -0.711. The number of benzene rings is 1. The van der Waals surface area contributed by atoms with Crippen LogP contribution in [-0.4, -0.2) is 25.9 Å². The third-order valence-electron chi connectivity index (χ3n) is 3.88. The highest BCUT2D eigenvalue weighted by Crippen LogP contribution is 2.33. The molecule has 2 aliphatic heterocycles. The average molecular weight is 284 g/mol. The predicted octanol–water partition coefficient (Wildman–Crippen LogP) is 1.65. The maximum atomic E-state index is 13.6. The summed E-state index contributed by atoms with van der Waals surface area (Å²) in [6.45, 7) is 0.293. The first-order valence-electron chi connectivity index (χ1n) is 6.37. The quantitative estimate of drug-likeness (QED) is 0.747. The van der Waals surface area contributed by atoms with Crippen molar-refractivity contribution in [2.75, 3.05) is 0 Å². The van der Waals surface area contributed by atoms with Gasteiger partial charge < -0.3 is 5.73 Å². The lowest BCUT2D eigenvalue weighted by Gasteiger charge is -2.25. The van der Waals surface area contributed by atoms with Crippen molar-refractivity contribution in [1.29, 1.82) is 0 Å². The number of imidazole rings is 1. The molecule has 3 heterocycles. The highest BCUT2D eigenvalue weighted by molar-refractivity contribution is 6.04. The van der Waals surface area contributed by atoms with E-state index in [4.69, 9.17) is 5.73 Å². The van der Waals surface area contributed by atoms with Gasteiger partial charge in [0.2, 0.25) is 0 Å². The lowest BCUT2D eigenvalue weighted by Crippen LogP contribution is -2.53. The Bertz CT molecular complexity index is 838. The van der Waals surface area contributed by atoms with Crippen LogP contribution in [0.4, 0.5) is 9.18 Å². The third-order valence-corrected chi connectivity index (χ3v) is 3.88. The largest absolute Gasteiger partial charge is 0.425 e. The molecular formula is C14H11FN5O+. The van der Waals surface area contributed by atoms with E-state index >= 15 is 0 Å². The summed E-state index contributed by atoms with van der Waals surface area (Å²) in [6.07, 6.45) is 6.44. The Hall–Kier alpha value is -2.80. The average Bonchev–Trinajstić information content (AvgIpc) is 3.05. The normalized spacial score (nSPS) is 22.0. The van der Waals surface area contributed by atoms with Crippen molar-refractivity contribution < 1.29 is 13.7 Å². The summed E-state index contributed by atoms with van der Waals surface area (Å²) in [6, 6.07) is 3.83. The van der Waals surface area contributed by atoms with Crippen molar-refractivity contribution in [1.82, 2.24) is 9.55 Å². The molecule has 104 valence electrons. The van der Waals surface area contributed by atoms with Crippen LogP contribution >= 0.6 is 0 Å². The van der Waals surface area contributed by atoms with Crippen molar-refractivity contribution in [3.05, 3.63) is 60.2 Å². The van der Waals surface area contributed by atoms with Crippen molar-refractivity contribution in [2.45, 2.75) is 6.54 Å². The van der Waals surface area contributed by atoms with Gasteiger partial charge in [0, 0.05) is 0 Å². The molecule has 1 aromatic heterocycles. The predicted molar refractivity (Wildman–Crippen MR) is 72.7 cm³/mol. The zero-order chi connectivity index (χ0) is 14.6. The first kappa shape index (κ1) is 12.0. The zero-order valence-electron chi connectivity index (χ0n) is 10.9. The number of rotatable bonds is 0. The van der Waals surface area contributed by atoms with Crippen LogP contribution in [0, 0.1) is 5.82 Å². The number of halogens is 1. The molecule has 0 bridgehead atoms. The SMILES string of the molecule is NC(=O)[N+]12C=CN=C1c1ccc(F)cc1-n1cncc1C2. The van der Waals surface area contributed by atoms with E-state index < -0.39 is 6.03 Å². The first-order valence-corrected chi connectivity index (χ1v) is 6.37. The van der Waals surface area contributed by atoms with Gasteiger partial charge in [-0.3, -0.25) is 4.57 Å². The van der Waals surface area contributed by atoms with Gasteiger partial charge in [0.15, 0.2) is 0 Å². The second-order valence-electron chi connectivity index (χ2n) is 5.03. The van der Waals surface area contributed by atoms with Gasteiger partial charge in [0.05, 0.1) is 35.7 Å². The third kappa shape index (κ3) is 1.46. The fraction of sp³-hybridized carbons (Fsp3) is 0.0714. The zero-order valence-corrected chi connectivity index (χ0v) is 10.9. The Morgan fingerprint density at radius 2 is 2.29 bits per heavy atom. The van der Waals surface area contributed by atoms with Gasteiger partial charge in [-0.05, 0) is 18.2 Å². The van der Waals surface area contributed by atoms with Gasteiger partial charge in [-0.25, -0.2) is 14.2 Å². The number of carbonyl (C=O) groups is 1. The molecule has 1 aromatic carbocycles. The molecule has 4 rings (SSSR count). The Labute approximate surface area is 119 Å². The molecule has 2 amide bonds. The highest BCUT2D eigenvalue weighted by Gasteiger charge is 2.46. The summed E-state index contributed by atoms with van der Waals surface area (Å²) in [5.41, 5.74) is 7.65. The summed E-state index contributed by atoms with van der Waals surface area (Å²) in [5, 5.41) is 0. The van der Waals surface area contributed by atoms with E-state index in [0.29, 0.717) is 23.6 Å². The van der Waals surface area contributed by atoms with Crippen molar-refractivity contribution >= 4 is 11.9 Å². The lowest BCUT2D eigenvalue weighted by atomic mass is 10.1. The van der Waals surface area contributed by atoms with E-state index in [1.54, 1.807) is 35.6 Å². The number of nitrogens with two attached hydrogens (primary N) is 1. The van der Waals surface area contributed by atoms with E-state index in [2.05, 4.69) is 9.98 Å². The number of aromatic nitrogens is 2. The topological polar surface area (TPSA) is 73.3 Å². The van der Waals surface area contributed by atoms with E-state index in [1.807, 2.05) is 0 Å². The fourth-order valence-electron chi connectivity index (χ4n) is 2.86. The molecule has 0 aliphatic carbocycles. The molecule has 2 aliphatic rings. The summed E-state index contributed by atoms with van der Waals surface area (Å²) < 4.78 is 15.2. The molecule has 2 aromatic rings. The minimum Gasteiger partial charge on any atom is -0.318 e. The van der Waals surface area contributed by atoms with Crippen molar-refractivity contribution in [2.24, 2.45) is 10.7 Å². The molecule has 6 nitrogen and oxygen atoms in total. The second kappa shape index (κ2) is 3.86. The van der Waals surface area contributed by atoms with Crippen LogP contribution in [-0.2, 0) is 6.54 Å². The number of amides is 2. The van der Waals surface area contributed by atoms with Crippen molar-refractivity contribution in [3.63, 3.8) is 0 Å². The number of hydrogen-bond acceptors (Lipinski definition) is 3. The van der Waals surface area contributed by atoms with Crippen molar-refractivity contribution in [3.8, 4) is 5.69 Å². The second-order valence-corrected chi connectivity index (χ2v) is 5.03. The minimum atomic E-state index is -0.535. The number of fused-ring (bicyclic) bond motifs is 5. The van der Waals surface area contributed by atoms with E-state index in [0.717, 1.165) is 5.69 Å². The molecule has 1 atom stereocenters. The van der Waals surface area contributed by atoms with Gasteiger partial charge in [-0.2, -0.15) is 9.48 Å². The van der Waals surface area contributed by atoms with E-state index in [-0.39, 0.29) is 10.3 Å². The molecule has 0 radical (unpaired) electrons. The Balaban J connectivity index is 2.09. The standard InChI is InChI=1S/C14H10FN5O/c15-9-1-2-11-12(5-9)19-8-17-6-10(19)7-20(14(16)21)4-3-18-13(11)20/h1-6,8H,7H2,(H-,16,21)/p+1. The molecule has 21 heavy (non-hydrogen) atoms. The van der Waals surface area contributed by atoms with Crippen LogP contribution in [0.3, 0.4) is 0 Å². The fourth-order valence-corrected chi connectivity index (χ4v) is 2.86. The van der Waals surface area contributed by atoms with Crippen LogP contribution < -0.4 is 5.73 Å². The number of carbonyl (C=O) groups excluding carboxylic acids is 1. The smallest absolute Gasteiger partial charge is 0.318 e. The molecular weight excluding hydrogens is 273 g/mol. The molecule has 2 N–H and O–H groups in total. The van der Waals surface area contributed by atoms with Gasteiger partial charge in [-0.15, -0.1) is 0 Å². The van der Waals surface area contributed by atoms with Gasteiger partial charge in [0.25, 0.3) is 5.84 Å². The number of amidine groups is 1. The maximum absolute atomic E-state index is 13.6. The first-order chi connectivity index (χ1) is 10.1. The highest BCUT2D eigenvalue weighted by atomic mass is 19.1. The van der Waals surface area contributed by atoms with Gasteiger partial charge >= 0.3 is 6.03 Å². The summed E-state index contributed by atoms with van der Waals surface area (Å²) in [5.74, 6) is 0.139. The molecule has 7 heteroatoms. The van der Waals surface area contributed by atoms with Crippen LogP contribution in [0.15, 0.2) is 48.1 Å². The van der Waals surface area contributed by atoms with Crippen LogP contribution in [0.1, 0.15) is 11.3 Å². The van der Waals surface area contributed by atoms with Gasteiger partial charge in [-0.1, -0.05) is 0 Å². The summed E-state index contributed by atoms with van der Waals surface area (Å²) in [7, 11) is 0. The number of nitrogens with zero attached hydrogens (tertiary/aromatic N) is 4. The van der Waals surface area contributed by atoms with Crippen LogP contribution in [0.5, 0.6) is 0 Å². The number of quaternary nitrogens is 1. The Morgan fingerprint density at radius 3 is 3.10 bits per heavy atom. The molecule has 0 spiro atoms. The summed E-state index contributed by atoms with van der Waals surface area (Å²) in [4.78, 5) is 20.5. The molecule has 0 fully saturated rings. The molecule has 0 saturated carbocycles. The van der Waals surface area contributed by atoms with Crippen LogP contribution in [0.25, 0.3) is 5.69 Å². The minimum absolute atomic E-state index is 0.218. The number of aliphatic imine (C=N–C) groups is 1. The monoisotopic (exact) mass is 284 g/mol. The van der Waals surface area contributed by atoms with E-state index in [1.165, 1.54) is 12.1 Å². The van der Waals surface area contributed by atoms with Crippen LogP contribution in [0.2, 0.25) is 0 Å². The number of primary amides is 1. The van der Waals surface area contributed by atoms with E-state index in [9.17, 15) is 9.18 Å². The molecule has 0 saturated heterocycles. The Morgan fingerprint density at radius 1 is 1.43 bits per heavy atom. The summed E-state index contributed by atoms with van der Waals surface area (Å²) >= 11 is 0. The number of hydrogen-bond donors (Lipinski definition) is 1. The maximum Gasteiger partial charge on any atom is 0.425 e.